The molecule has 112 valence electrons. The normalized spacial score (nSPS) is 18.1. The van der Waals surface area contributed by atoms with Gasteiger partial charge in [0.25, 0.3) is 0 Å². The lowest BCUT2D eigenvalue weighted by molar-refractivity contribution is -0.143. The minimum Gasteiger partial charge on any atom is -0.466 e. The molecule has 1 aliphatic rings. The topological polar surface area (TPSA) is 60.5 Å². The molecule has 5 nitrogen and oxygen atoms in total. The molecule has 2 rings (SSSR count). The summed E-state index contributed by atoms with van der Waals surface area (Å²) < 4.78 is 10.3. The Morgan fingerprint density at radius 2 is 2.55 bits per heavy atom. The largest absolute Gasteiger partial charge is 0.466 e. The zero-order chi connectivity index (χ0) is 14.2. The van der Waals surface area contributed by atoms with Crippen LogP contribution in [-0.4, -0.2) is 37.3 Å². The third-order valence-electron chi connectivity index (χ3n) is 3.30. The second kappa shape index (κ2) is 8.21. The van der Waals surface area contributed by atoms with Crippen LogP contribution in [0.4, 0.5) is 5.13 Å². The third kappa shape index (κ3) is 5.09. The van der Waals surface area contributed by atoms with Gasteiger partial charge in [-0.2, -0.15) is 0 Å². The van der Waals surface area contributed by atoms with Crippen molar-refractivity contribution in [3.05, 3.63) is 11.1 Å². The first-order chi connectivity index (χ1) is 9.78. The molecule has 1 N–H and O–H groups in total. The number of carbonyl (C=O) groups is 1. The van der Waals surface area contributed by atoms with Crippen molar-refractivity contribution in [3.8, 4) is 0 Å². The number of thiazole rings is 1. The Hall–Kier alpha value is -1.14. The molecule has 1 unspecified atom stereocenters. The van der Waals surface area contributed by atoms with E-state index in [1.807, 2.05) is 12.3 Å². The lowest BCUT2D eigenvalue weighted by Crippen LogP contribution is -2.09. The average molecular weight is 298 g/mol. The first kappa shape index (κ1) is 15.3. The van der Waals surface area contributed by atoms with Crippen molar-refractivity contribution in [2.24, 2.45) is 5.92 Å². The Morgan fingerprint density at radius 1 is 1.65 bits per heavy atom. The fraction of sp³-hybridized carbons (Fsp3) is 0.714. The first-order valence-electron chi connectivity index (χ1n) is 7.19. The Morgan fingerprint density at radius 3 is 3.30 bits per heavy atom. The van der Waals surface area contributed by atoms with Gasteiger partial charge in [-0.05, 0) is 25.7 Å². The summed E-state index contributed by atoms with van der Waals surface area (Å²) >= 11 is 1.59. The standard InChI is InChI=1S/C14H22N2O3S/c1-2-19-13(17)4-3-12-10-20-14(16-12)15-7-5-11-6-8-18-9-11/h10-11H,2-9H2,1H3,(H,15,16). The predicted octanol–water partition coefficient (Wildman–Crippen LogP) is 2.48. The Bertz CT molecular complexity index is 416. The fourth-order valence-corrected chi connectivity index (χ4v) is 2.93. The van der Waals surface area contributed by atoms with Gasteiger partial charge in [-0.3, -0.25) is 4.79 Å². The Labute approximate surface area is 123 Å². The van der Waals surface area contributed by atoms with E-state index in [9.17, 15) is 4.79 Å². The second-order valence-electron chi connectivity index (χ2n) is 4.89. The number of hydrogen-bond acceptors (Lipinski definition) is 6. The van der Waals surface area contributed by atoms with Gasteiger partial charge in [0, 0.05) is 31.6 Å². The molecule has 0 bridgehead atoms. The molecule has 1 saturated heterocycles. The predicted molar refractivity (Wildman–Crippen MR) is 79.1 cm³/mol. The van der Waals surface area contributed by atoms with E-state index in [0.717, 1.165) is 37.0 Å². The van der Waals surface area contributed by atoms with Crippen molar-refractivity contribution in [2.75, 3.05) is 31.7 Å². The van der Waals surface area contributed by atoms with Crippen LogP contribution in [0.1, 0.15) is 31.9 Å². The van der Waals surface area contributed by atoms with Crippen LogP contribution in [0.3, 0.4) is 0 Å². The zero-order valence-electron chi connectivity index (χ0n) is 11.9. The first-order valence-corrected chi connectivity index (χ1v) is 8.07. The van der Waals surface area contributed by atoms with Crippen molar-refractivity contribution in [3.63, 3.8) is 0 Å². The van der Waals surface area contributed by atoms with E-state index in [1.54, 1.807) is 11.3 Å². The van der Waals surface area contributed by atoms with Crippen molar-refractivity contribution in [1.29, 1.82) is 0 Å². The molecule has 1 aromatic heterocycles. The number of ether oxygens (including phenoxy) is 2. The molecule has 0 amide bonds. The summed E-state index contributed by atoms with van der Waals surface area (Å²) in [4.78, 5) is 15.7. The number of nitrogens with one attached hydrogen (secondary N) is 1. The molecule has 1 aliphatic heterocycles. The average Bonchev–Trinajstić information content (AvgIpc) is 3.08. The lowest BCUT2D eigenvalue weighted by Gasteiger charge is -2.07. The molecule has 0 aromatic carbocycles. The number of aromatic nitrogens is 1. The van der Waals surface area contributed by atoms with E-state index < -0.39 is 0 Å². The number of anilines is 1. The van der Waals surface area contributed by atoms with Crippen molar-refractivity contribution in [2.45, 2.75) is 32.6 Å². The molecule has 0 aliphatic carbocycles. The van der Waals surface area contributed by atoms with E-state index in [0.29, 0.717) is 25.4 Å². The van der Waals surface area contributed by atoms with Gasteiger partial charge in [-0.25, -0.2) is 4.98 Å². The number of esters is 1. The highest BCUT2D eigenvalue weighted by atomic mass is 32.1. The van der Waals surface area contributed by atoms with Crippen LogP contribution in [0.2, 0.25) is 0 Å². The Balaban J connectivity index is 1.65. The highest BCUT2D eigenvalue weighted by Crippen LogP contribution is 2.19. The smallest absolute Gasteiger partial charge is 0.306 e. The maximum absolute atomic E-state index is 11.3. The summed E-state index contributed by atoms with van der Waals surface area (Å²) in [5.41, 5.74) is 0.953. The second-order valence-corrected chi connectivity index (χ2v) is 5.75. The minimum atomic E-state index is -0.156. The van der Waals surface area contributed by atoms with Crippen LogP contribution in [0, 0.1) is 5.92 Å². The van der Waals surface area contributed by atoms with Gasteiger partial charge in [0.2, 0.25) is 0 Å². The number of aryl methyl sites for hydroxylation is 1. The molecule has 6 heteroatoms. The summed E-state index contributed by atoms with van der Waals surface area (Å²) in [5, 5.41) is 6.27. The van der Waals surface area contributed by atoms with E-state index in [4.69, 9.17) is 9.47 Å². The molecule has 1 fully saturated rings. The van der Waals surface area contributed by atoms with Crippen LogP contribution in [0.15, 0.2) is 5.38 Å². The van der Waals surface area contributed by atoms with Crippen LogP contribution in [0.25, 0.3) is 0 Å². The van der Waals surface area contributed by atoms with Crippen LogP contribution >= 0.6 is 11.3 Å². The van der Waals surface area contributed by atoms with Crippen molar-refractivity contribution < 1.29 is 14.3 Å². The van der Waals surface area contributed by atoms with Gasteiger partial charge in [0.05, 0.1) is 18.7 Å². The number of carbonyl (C=O) groups excluding carboxylic acids is 1. The molecule has 0 spiro atoms. The van der Waals surface area contributed by atoms with Gasteiger partial charge < -0.3 is 14.8 Å². The Kier molecular flexibility index (Phi) is 6.26. The maximum atomic E-state index is 11.3. The maximum Gasteiger partial charge on any atom is 0.306 e. The summed E-state index contributed by atoms with van der Waals surface area (Å²) in [6, 6.07) is 0. The number of nitrogens with zero attached hydrogens (tertiary/aromatic N) is 1. The fourth-order valence-electron chi connectivity index (χ4n) is 2.16. The molecule has 2 heterocycles. The summed E-state index contributed by atoms with van der Waals surface area (Å²) in [6.45, 7) is 4.98. The molecule has 1 aromatic rings. The molecule has 20 heavy (non-hydrogen) atoms. The monoisotopic (exact) mass is 298 g/mol. The van der Waals surface area contributed by atoms with E-state index in [1.165, 1.54) is 6.42 Å². The van der Waals surface area contributed by atoms with E-state index in [-0.39, 0.29) is 5.97 Å². The van der Waals surface area contributed by atoms with Gasteiger partial charge in [-0.15, -0.1) is 11.3 Å². The van der Waals surface area contributed by atoms with Crippen LogP contribution in [-0.2, 0) is 20.7 Å². The molecule has 0 radical (unpaired) electrons. The van der Waals surface area contributed by atoms with Crippen molar-refractivity contribution >= 4 is 22.4 Å². The highest BCUT2D eigenvalue weighted by molar-refractivity contribution is 7.13. The van der Waals surface area contributed by atoms with Crippen LogP contribution < -0.4 is 5.32 Å². The van der Waals surface area contributed by atoms with Gasteiger partial charge >= 0.3 is 5.97 Å². The minimum absolute atomic E-state index is 0.156. The van der Waals surface area contributed by atoms with E-state index in [2.05, 4.69) is 10.3 Å². The van der Waals surface area contributed by atoms with Crippen LogP contribution in [0.5, 0.6) is 0 Å². The zero-order valence-corrected chi connectivity index (χ0v) is 12.7. The molecular formula is C14H22N2O3S. The highest BCUT2D eigenvalue weighted by Gasteiger charge is 2.15. The van der Waals surface area contributed by atoms with E-state index >= 15 is 0 Å². The van der Waals surface area contributed by atoms with Gasteiger partial charge in [0.1, 0.15) is 0 Å². The van der Waals surface area contributed by atoms with Crippen molar-refractivity contribution in [1.82, 2.24) is 4.98 Å². The number of hydrogen-bond donors (Lipinski definition) is 1. The van der Waals surface area contributed by atoms with Gasteiger partial charge in [-0.1, -0.05) is 0 Å². The lowest BCUT2D eigenvalue weighted by atomic mass is 10.1. The third-order valence-corrected chi connectivity index (χ3v) is 4.14. The summed E-state index contributed by atoms with van der Waals surface area (Å²) in [6.07, 6.45) is 3.34. The quantitative estimate of drug-likeness (QED) is 0.747. The number of rotatable bonds is 8. The molecule has 0 saturated carbocycles. The molecule has 1 atom stereocenters. The molecular weight excluding hydrogens is 276 g/mol. The SMILES string of the molecule is CCOC(=O)CCc1csc(NCCC2CCOC2)n1. The van der Waals surface area contributed by atoms with Gasteiger partial charge in [0.15, 0.2) is 5.13 Å². The summed E-state index contributed by atoms with van der Waals surface area (Å²) in [7, 11) is 0. The summed E-state index contributed by atoms with van der Waals surface area (Å²) in [5.74, 6) is 0.530.